The molecule has 0 aliphatic heterocycles. The predicted molar refractivity (Wildman–Crippen MR) is 113 cm³/mol. The fraction of sp³-hybridized carbons (Fsp3) is 0.412. The molecule has 0 fully saturated rings. The number of hydrogen-bond acceptors (Lipinski definition) is 7. The van der Waals surface area contributed by atoms with Gasteiger partial charge in [-0.25, -0.2) is 9.30 Å². The summed E-state index contributed by atoms with van der Waals surface area (Å²) in [5, 5.41) is 20.1. The molecule has 1 aromatic rings. The van der Waals surface area contributed by atoms with Gasteiger partial charge in [0.1, 0.15) is 15.7 Å². The van der Waals surface area contributed by atoms with Crippen LogP contribution >= 0.6 is 23.3 Å². The maximum atomic E-state index is 10.5. The lowest BCUT2D eigenvalue weighted by Gasteiger charge is -2.15. The molecule has 7 nitrogen and oxygen atoms in total. The van der Waals surface area contributed by atoms with E-state index in [1.807, 2.05) is 6.92 Å². The second-order valence-electron chi connectivity index (χ2n) is 5.53. The normalized spacial score (nSPS) is 13.5. The monoisotopic (exact) mass is 397 g/mol. The Hall–Kier alpha value is -1.97. The number of aliphatic hydroxyl groups excluding tert-OH is 1. The van der Waals surface area contributed by atoms with E-state index in [4.69, 9.17) is 11.5 Å². The summed E-state index contributed by atoms with van der Waals surface area (Å²) in [4.78, 5) is 9.06. The van der Waals surface area contributed by atoms with Gasteiger partial charge in [-0.05, 0) is 31.9 Å². The summed E-state index contributed by atoms with van der Waals surface area (Å²) < 4.78 is 2.88. The number of thiophene rings is 1. The van der Waals surface area contributed by atoms with Crippen LogP contribution in [0.2, 0.25) is 0 Å². The van der Waals surface area contributed by atoms with Crippen molar-refractivity contribution in [3.8, 4) is 5.75 Å². The van der Waals surface area contributed by atoms with Gasteiger partial charge in [-0.1, -0.05) is 26.0 Å². The number of aryl methyl sites for hydroxylation is 1. The fourth-order valence-electron chi connectivity index (χ4n) is 1.92. The summed E-state index contributed by atoms with van der Waals surface area (Å²) >= 11 is 2.94. The zero-order chi connectivity index (χ0) is 19.9. The molecule has 0 aliphatic rings. The van der Waals surface area contributed by atoms with Gasteiger partial charge in [0.2, 0.25) is 0 Å². The third kappa shape index (κ3) is 6.40. The molecule has 1 rings (SSSR count). The van der Waals surface area contributed by atoms with Gasteiger partial charge in [0.15, 0.2) is 17.4 Å². The van der Waals surface area contributed by atoms with Crippen LogP contribution in [0, 0.1) is 6.92 Å². The fourth-order valence-corrected chi connectivity index (χ4v) is 4.14. The van der Waals surface area contributed by atoms with Crippen LogP contribution in [-0.4, -0.2) is 45.8 Å². The van der Waals surface area contributed by atoms with Crippen LogP contribution in [0.25, 0.3) is 0 Å². The minimum absolute atomic E-state index is 0.00499. The molecule has 0 bridgehead atoms. The minimum Gasteiger partial charge on any atom is -0.510 e. The summed E-state index contributed by atoms with van der Waals surface area (Å²) in [5.41, 5.74) is 12.8. The van der Waals surface area contributed by atoms with Crippen LogP contribution in [0.15, 0.2) is 38.2 Å². The summed E-state index contributed by atoms with van der Waals surface area (Å²) in [7, 11) is 0. The van der Waals surface area contributed by atoms with Crippen LogP contribution in [0.3, 0.4) is 0 Å². The zero-order valence-electron chi connectivity index (χ0n) is 15.6. The molecular weight excluding hydrogens is 370 g/mol. The van der Waals surface area contributed by atoms with Crippen molar-refractivity contribution in [3.63, 3.8) is 0 Å². The first-order chi connectivity index (χ1) is 12.2. The molecule has 0 amide bonds. The number of nitrogens with two attached hydrogens (primary N) is 2. The van der Waals surface area contributed by atoms with Crippen molar-refractivity contribution in [3.05, 3.63) is 28.9 Å². The Bertz CT molecular complexity index is 734. The van der Waals surface area contributed by atoms with Crippen LogP contribution in [-0.2, 0) is 0 Å². The van der Waals surface area contributed by atoms with Gasteiger partial charge < -0.3 is 21.7 Å². The predicted octanol–water partition coefficient (Wildman–Crippen LogP) is 3.47. The number of rotatable bonds is 8. The summed E-state index contributed by atoms with van der Waals surface area (Å²) in [6.07, 6.45) is 1.50. The van der Waals surface area contributed by atoms with Crippen molar-refractivity contribution >= 4 is 40.6 Å². The Kier molecular flexibility index (Phi) is 8.70. The molecule has 0 atom stereocenters. The van der Waals surface area contributed by atoms with Gasteiger partial charge in [-0.3, -0.25) is 4.99 Å². The molecule has 144 valence electrons. The number of aromatic hydroxyl groups is 1. The maximum absolute atomic E-state index is 10.5. The van der Waals surface area contributed by atoms with E-state index in [2.05, 4.69) is 34.7 Å². The van der Waals surface area contributed by atoms with E-state index in [1.54, 1.807) is 6.92 Å². The van der Waals surface area contributed by atoms with Crippen molar-refractivity contribution < 1.29 is 10.2 Å². The highest BCUT2D eigenvalue weighted by molar-refractivity contribution is 7.99. The van der Waals surface area contributed by atoms with E-state index in [0.29, 0.717) is 11.3 Å². The van der Waals surface area contributed by atoms with E-state index in [1.165, 1.54) is 29.4 Å². The Morgan fingerprint density at radius 3 is 2.46 bits per heavy atom. The number of aliphatic hydroxyl groups is 1. The van der Waals surface area contributed by atoms with E-state index < -0.39 is 0 Å². The molecule has 6 N–H and O–H groups in total. The lowest BCUT2D eigenvalue weighted by Crippen LogP contribution is -2.31. The number of hydrogen-bond donors (Lipinski definition) is 4. The van der Waals surface area contributed by atoms with Crippen LogP contribution < -0.4 is 11.5 Å². The van der Waals surface area contributed by atoms with Crippen molar-refractivity contribution in [1.82, 2.24) is 4.31 Å². The smallest absolute Gasteiger partial charge is 0.167 e. The van der Waals surface area contributed by atoms with Crippen molar-refractivity contribution in [2.24, 2.45) is 21.5 Å². The highest BCUT2D eigenvalue weighted by Crippen LogP contribution is 2.47. The number of nitrogens with zero attached hydrogens (tertiary/aromatic N) is 3. The minimum atomic E-state index is -0.0213. The number of amidine groups is 2. The zero-order valence-corrected chi connectivity index (χ0v) is 17.2. The molecule has 0 saturated carbocycles. The Balaban J connectivity index is 3.01. The summed E-state index contributed by atoms with van der Waals surface area (Å²) in [6.45, 7) is 13.1. The first kappa shape index (κ1) is 22.1. The van der Waals surface area contributed by atoms with E-state index >= 15 is 0 Å². The number of aliphatic imine (C=N–C) groups is 2. The molecule has 26 heavy (non-hydrogen) atoms. The highest BCUT2D eigenvalue weighted by atomic mass is 32.2. The molecule has 0 saturated heterocycles. The average Bonchev–Trinajstić information content (AvgIpc) is 2.84. The van der Waals surface area contributed by atoms with Gasteiger partial charge in [-0.2, -0.15) is 0 Å². The van der Waals surface area contributed by atoms with Gasteiger partial charge in [-0.15, -0.1) is 11.3 Å². The van der Waals surface area contributed by atoms with Crippen LogP contribution in [0.4, 0.5) is 5.69 Å². The maximum Gasteiger partial charge on any atom is 0.167 e. The van der Waals surface area contributed by atoms with Crippen LogP contribution in [0.5, 0.6) is 5.75 Å². The van der Waals surface area contributed by atoms with E-state index in [-0.39, 0.29) is 29.7 Å². The molecular formula is C17H27N5O2S2. The van der Waals surface area contributed by atoms with Gasteiger partial charge in [0.25, 0.3) is 0 Å². The lowest BCUT2D eigenvalue weighted by atomic mass is 10.3. The van der Waals surface area contributed by atoms with Crippen LogP contribution in [0.1, 0.15) is 25.6 Å². The van der Waals surface area contributed by atoms with E-state index in [9.17, 15) is 10.2 Å². The molecule has 0 unspecified atom stereocenters. The standard InChI is InChI=1S/C17H27N5O2S2/c1-6-22(7-2)26-17-14(24)13(11(5)25-17)21-16(19)15(18)20-9-12(23)8-10(3)4/h8,23-24H,3,6-7,9H2,1-2,4-5H3,(H2,18,20)(H2,19,21)/b12-8-. The quantitative estimate of drug-likeness (QED) is 0.175. The number of allylic oxidation sites excluding steroid dienone is 2. The largest absolute Gasteiger partial charge is 0.510 e. The second kappa shape index (κ2) is 10.2. The molecule has 9 heteroatoms. The third-order valence-electron chi connectivity index (χ3n) is 3.23. The first-order valence-electron chi connectivity index (χ1n) is 8.14. The highest BCUT2D eigenvalue weighted by Gasteiger charge is 2.18. The van der Waals surface area contributed by atoms with Crippen molar-refractivity contribution in [2.75, 3.05) is 19.6 Å². The lowest BCUT2D eigenvalue weighted by molar-refractivity contribution is 0.403. The van der Waals surface area contributed by atoms with Crippen molar-refractivity contribution in [2.45, 2.75) is 31.9 Å². The first-order valence-corrected chi connectivity index (χ1v) is 9.73. The molecule has 0 aromatic carbocycles. The summed E-state index contributed by atoms with van der Waals surface area (Å²) in [5.74, 6) is 0.101. The Morgan fingerprint density at radius 2 is 1.92 bits per heavy atom. The van der Waals surface area contributed by atoms with E-state index in [0.717, 1.165) is 22.2 Å². The Morgan fingerprint density at radius 1 is 1.31 bits per heavy atom. The third-order valence-corrected chi connectivity index (χ3v) is 5.72. The van der Waals surface area contributed by atoms with Crippen molar-refractivity contribution in [1.29, 1.82) is 0 Å². The van der Waals surface area contributed by atoms with Gasteiger partial charge in [0, 0.05) is 18.0 Å². The Labute approximate surface area is 163 Å². The summed E-state index contributed by atoms with van der Waals surface area (Å²) in [6, 6.07) is 0. The average molecular weight is 398 g/mol. The molecule has 0 aliphatic carbocycles. The topological polar surface area (TPSA) is 120 Å². The molecule has 1 aromatic heterocycles. The second-order valence-corrected chi connectivity index (χ2v) is 8.12. The van der Waals surface area contributed by atoms with Gasteiger partial charge in [0.05, 0.1) is 6.54 Å². The SMILES string of the molecule is C=C(C)/C=C(\O)CN=C(N)C(N)=Nc1c(C)sc(SN(CC)CC)c1O. The molecule has 1 heterocycles. The molecule has 0 radical (unpaired) electrons. The molecule has 0 spiro atoms. The van der Waals surface area contributed by atoms with Gasteiger partial charge >= 0.3 is 0 Å².